The van der Waals surface area contributed by atoms with Crippen LogP contribution in [0.4, 0.5) is 18.0 Å². The summed E-state index contributed by atoms with van der Waals surface area (Å²) < 4.78 is 44.1. The molecular formula is C16H18F3N3O2. The first-order chi connectivity index (χ1) is 11.2. The molecule has 8 heteroatoms. The monoisotopic (exact) mass is 341 g/mol. The molecule has 0 saturated carbocycles. The molecule has 130 valence electrons. The van der Waals surface area contributed by atoms with Crippen molar-refractivity contribution in [3.05, 3.63) is 52.4 Å². The van der Waals surface area contributed by atoms with Crippen molar-refractivity contribution in [1.82, 2.24) is 15.8 Å². The molecule has 2 aromatic rings. The van der Waals surface area contributed by atoms with Crippen LogP contribution in [0.2, 0.25) is 0 Å². The summed E-state index contributed by atoms with van der Waals surface area (Å²) >= 11 is 0. The molecule has 0 aliphatic heterocycles. The third-order valence-corrected chi connectivity index (χ3v) is 3.69. The molecule has 0 fully saturated rings. The lowest BCUT2D eigenvalue weighted by Gasteiger charge is -2.19. The van der Waals surface area contributed by atoms with Gasteiger partial charge in [-0.05, 0) is 32.4 Å². The van der Waals surface area contributed by atoms with E-state index in [1.54, 1.807) is 13.8 Å². The Bertz CT molecular complexity index is 706. The number of alkyl halides is 3. The summed E-state index contributed by atoms with van der Waals surface area (Å²) in [6, 6.07) is 3.80. The Morgan fingerprint density at radius 1 is 1.29 bits per heavy atom. The molecule has 0 aliphatic carbocycles. The van der Waals surface area contributed by atoms with Crippen molar-refractivity contribution in [2.75, 3.05) is 0 Å². The number of rotatable bonds is 4. The number of nitrogens with one attached hydrogen (secondary N) is 2. The fourth-order valence-electron chi connectivity index (χ4n) is 2.38. The Hall–Kier alpha value is -2.51. The molecule has 1 heterocycles. The number of carbonyl (C=O) groups excluding carboxylic acids is 1. The molecule has 0 saturated heterocycles. The van der Waals surface area contributed by atoms with Crippen LogP contribution in [0.25, 0.3) is 0 Å². The number of nitrogens with zero attached hydrogens (tertiary/aromatic N) is 1. The molecule has 2 amide bonds. The molecule has 0 bridgehead atoms. The fraction of sp³-hybridized carbons (Fsp3) is 0.375. The zero-order valence-corrected chi connectivity index (χ0v) is 13.5. The Balaban J connectivity index is 2.02. The number of halogens is 3. The number of hydrogen-bond acceptors (Lipinski definition) is 3. The minimum Gasteiger partial charge on any atom is -0.361 e. The van der Waals surface area contributed by atoms with Gasteiger partial charge in [-0.25, -0.2) is 4.79 Å². The van der Waals surface area contributed by atoms with Crippen LogP contribution in [0.15, 0.2) is 28.8 Å². The summed E-state index contributed by atoms with van der Waals surface area (Å²) in [5, 5.41) is 8.87. The highest BCUT2D eigenvalue weighted by Crippen LogP contribution is 2.34. The Morgan fingerprint density at radius 3 is 2.54 bits per heavy atom. The van der Waals surface area contributed by atoms with E-state index in [0.29, 0.717) is 11.5 Å². The van der Waals surface area contributed by atoms with Gasteiger partial charge in [0.1, 0.15) is 5.76 Å². The lowest BCUT2D eigenvalue weighted by Crippen LogP contribution is -2.37. The van der Waals surface area contributed by atoms with E-state index in [1.807, 2.05) is 0 Å². The predicted molar refractivity (Wildman–Crippen MR) is 81.2 cm³/mol. The van der Waals surface area contributed by atoms with Crippen molar-refractivity contribution in [3.8, 4) is 0 Å². The molecule has 0 aliphatic rings. The van der Waals surface area contributed by atoms with E-state index in [0.717, 1.165) is 11.6 Å². The highest BCUT2D eigenvalue weighted by molar-refractivity contribution is 5.74. The molecule has 1 aromatic carbocycles. The summed E-state index contributed by atoms with van der Waals surface area (Å²) in [6.45, 7) is 5.14. The highest BCUT2D eigenvalue weighted by atomic mass is 19.4. The molecule has 0 spiro atoms. The number of aryl methyl sites for hydroxylation is 2. The van der Waals surface area contributed by atoms with E-state index >= 15 is 0 Å². The van der Waals surface area contributed by atoms with Crippen molar-refractivity contribution in [3.63, 3.8) is 0 Å². The van der Waals surface area contributed by atoms with E-state index in [-0.39, 0.29) is 12.1 Å². The molecule has 1 aromatic heterocycles. The van der Waals surface area contributed by atoms with Gasteiger partial charge in [0, 0.05) is 12.1 Å². The molecule has 0 radical (unpaired) electrons. The normalized spacial score (nSPS) is 12.8. The lowest BCUT2D eigenvalue weighted by molar-refractivity contribution is -0.138. The maximum absolute atomic E-state index is 13.0. The maximum Gasteiger partial charge on any atom is 0.416 e. The van der Waals surface area contributed by atoms with Crippen LogP contribution >= 0.6 is 0 Å². The second-order valence-corrected chi connectivity index (χ2v) is 5.44. The van der Waals surface area contributed by atoms with E-state index in [1.165, 1.54) is 25.1 Å². The van der Waals surface area contributed by atoms with Crippen molar-refractivity contribution < 1.29 is 22.5 Å². The smallest absolute Gasteiger partial charge is 0.361 e. The average molecular weight is 341 g/mol. The standard InChI is InChI=1S/C16H18F3N3O2/c1-9(12-6-4-5-7-14(12)16(17,18)19)21-15(23)20-8-13-10(2)22-24-11(13)3/h4-7,9H,8H2,1-3H3,(H2,20,21,23)/t9-/m1/s1. The molecular weight excluding hydrogens is 323 g/mol. The van der Waals surface area contributed by atoms with Gasteiger partial charge in [0.05, 0.1) is 17.3 Å². The molecule has 5 nitrogen and oxygen atoms in total. The topological polar surface area (TPSA) is 67.2 Å². The Labute approximate surface area is 137 Å². The van der Waals surface area contributed by atoms with Gasteiger partial charge in [-0.1, -0.05) is 23.4 Å². The summed E-state index contributed by atoms with van der Waals surface area (Å²) in [7, 11) is 0. The zero-order valence-electron chi connectivity index (χ0n) is 13.5. The van der Waals surface area contributed by atoms with Crippen LogP contribution in [0, 0.1) is 13.8 Å². The largest absolute Gasteiger partial charge is 0.416 e. The van der Waals surface area contributed by atoms with Crippen LogP contribution in [-0.2, 0) is 12.7 Å². The van der Waals surface area contributed by atoms with Crippen molar-refractivity contribution in [2.24, 2.45) is 0 Å². The molecule has 2 rings (SSSR count). The first-order valence-corrected chi connectivity index (χ1v) is 7.32. The first kappa shape index (κ1) is 17.8. The zero-order chi connectivity index (χ0) is 17.9. The van der Waals surface area contributed by atoms with Gasteiger partial charge < -0.3 is 15.2 Å². The number of benzene rings is 1. The van der Waals surface area contributed by atoms with Gasteiger partial charge in [0.2, 0.25) is 0 Å². The van der Waals surface area contributed by atoms with Gasteiger partial charge in [0.15, 0.2) is 0 Å². The van der Waals surface area contributed by atoms with Crippen LogP contribution in [-0.4, -0.2) is 11.2 Å². The predicted octanol–water partition coefficient (Wildman–Crippen LogP) is 3.87. The number of hydrogen-bond donors (Lipinski definition) is 2. The molecule has 0 unspecified atom stereocenters. The number of amides is 2. The number of urea groups is 1. The minimum absolute atomic E-state index is 0.0116. The third kappa shape index (κ3) is 4.06. The maximum atomic E-state index is 13.0. The summed E-state index contributed by atoms with van der Waals surface area (Å²) in [5.74, 6) is 0.586. The molecule has 2 N–H and O–H groups in total. The van der Waals surface area contributed by atoms with E-state index in [2.05, 4.69) is 15.8 Å². The van der Waals surface area contributed by atoms with Gasteiger partial charge in [0.25, 0.3) is 0 Å². The van der Waals surface area contributed by atoms with Crippen LogP contribution < -0.4 is 10.6 Å². The minimum atomic E-state index is -4.47. The molecule has 1 atom stereocenters. The number of carbonyl (C=O) groups is 1. The Morgan fingerprint density at radius 2 is 1.96 bits per heavy atom. The van der Waals surface area contributed by atoms with Crippen LogP contribution in [0.1, 0.15) is 41.1 Å². The lowest BCUT2D eigenvalue weighted by atomic mass is 10.0. The van der Waals surface area contributed by atoms with Gasteiger partial charge >= 0.3 is 12.2 Å². The van der Waals surface area contributed by atoms with Crippen molar-refractivity contribution in [2.45, 2.75) is 39.5 Å². The van der Waals surface area contributed by atoms with Gasteiger partial charge in [-0.15, -0.1) is 0 Å². The van der Waals surface area contributed by atoms with Gasteiger partial charge in [-0.2, -0.15) is 13.2 Å². The van der Waals surface area contributed by atoms with E-state index in [9.17, 15) is 18.0 Å². The van der Waals surface area contributed by atoms with E-state index in [4.69, 9.17) is 4.52 Å². The molecule has 24 heavy (non-hydrogen) atoms. The second kappa shape index (κ2) is 6.94. The van der Waals surface area contributed by atoms with Gasteiger partial charge in [-0.3, -0.25) is 0 Å². The third-order valence-electron chi connectivity index (χ3n) is 3.69. The first-order valence-electron chi connectivity index (χ1n) is 7.32. The Kier molecular flexibility index (Phi) is 5.16. The van der Waals surface area contributed by atoms with Crippen LogP contribution in [0.3, 0.4) is 0 Å². The SMILES string of the molecule is Cc1noc(C)c1CNC(=O)N[C@H](C)c1ccccc1C(F)(F)F. The second-order valence-electron chi connectivity index (χ2n) is 5.44. The summed E-state index contributed by atoms with van der Waals surface area (Å²) in [4.78, 5) is 12.0. The quantitative estimate of drug-likeness (QED) is 0.887. The summed E-state index contributed by atoms with van der Waals surface area (Å²) in [6.07, 6.45) is -4.47. The fourth-order valence-corrected chi connectivity index (χ4v) is 2.38. The summed E-state index contributed by atoms with van der Waals surface area (Å²) in [5.41, 5.74) is 0.651. The van der Waals surface area contributed by atoms with Crippen molar-refractivity contribution >= 4 is 6.03 Å². The highest BCUT2D eigenvalue weighted by Gasteiger charge is 2.34. The van der Waals surface area contributed by atoms with E-state index < -0.39 is 23.8 Å². The number of aromatic nitrogens is 1. The van der Waals surface area contributed by atoms with Crippen molar-refractivity contribution in [1.29, 1.82) is 0 Å². The average Bonchev–Trinajstić information content (AvgIpc) is 2.83. The van der Waals surface area contributed by atoms with Crippen LogP contribution in [0.5, 0.6) is 0 Å².